The Labute approximate surface area is 111 Å². The van der Waals surface area contributed by atoms with Crippen molar-refractivity contribution in [2.45, 2.75) is 24.8 Å². The molecule has 2 aromatic rings. The molecule has 4 heteroatoms. The van der Waals surface area contributed by atoms with Gasteiger partial charge < -0.3 is 0 Å². The van der Waals surface area contributed by atoms with Crippen molar-refractivity contribution in [2.75, 3.05) is 0 Å². The number of aromatic nitrogens is 2. The average Bonchev–Trinajstić information content (AvgIpc) is 2.34. The Morgan fingerprint density at radius 1 is 1.22 bits per heavy atom. The molecule has 0 amide bonds. The van der Waals surface area contributed by atoms with Gasteiger partial charge in [0.25, 0.3) is 5.56 Å². The van der Waals surface area contributed by atoms with Crippen molar-refractivity contribution in [3.8, 4) is 0 Å². The number of benzene rings is 1. The number of hydrogen-bond acceptors (Lipinski definition) is 3. The van der Waals surface area contributed by atoms with Crippen LogP contribution in [0.5, 0.6) is 0 Å². The Bertz CT molecular complexity index is 602. The minimum absolute atomic E-state index is 0.00564. The normalized spacial score (nSPS) is 10.6. The molecule has 0 atom stereocenters. The van der Waals surface area contributed by atoms with E-state index in [1.165, 1.54) is 11.1 Å². The molecule has 2 rings (SSSR count). The molecular weight excluding hydrogens is 244 g/mol. The van der Waals surface area contributed by atoms with Crippen molar-refractivity contribution in [1.29, 1.82) is 0 Å². The number of aryl methyl sites for hydroxylation is 2. The summed E-state index contributed by atoms with van der Waals surface area (Å²) in [5.74, 6) is 0.823. The molecule has 0 saturated carbocycles. The summed E-state index contributed by atoms with van der Waals surface area (Å²) >= 11 is 1.59. The smallest absolute Gasteiger partial charge is 0.254 e. The highest BCUT2D eigenvalue weighted by Gasteiger charge is 2.04. The lowest BCUT2D eigenvalue weighted by Gasteiger charge is -2.07. The maximum absolute atomic E-state index is 11.6. The third-order valence-electron chi connectivity index (χ3n) is 2.71. The average molecular weight is 260 g/mol. The first-order valence-electron chi connectivity index (χ1n) is 5.79. The molecule has 94 valence electrons. The number of rotatable bonds is 3. The zero-order chi connectivity index (χ0) is 13.1. The first-order valence-corrected chi connectivity index (χ1v) is 6.78. The van der Waals surface area contributed by atoms with E-state index in [-0.39, 0.29) is 5.56 Å². The highest BCUT2D eigenvalue weighted by Crippen LogP contribution is 2.19. The molecule has 0 aliphatic heterocycles. The second-order valence-electron chi connectivity index (χ2n) is 4.35. The molecule has 0 fully saturated rings. The molecule has 0 aliphatic carbocycles. The summed E-state index contributed by atoms with van der Waals surface area (Å²) in [6.07, 6.45) is 0. The Balaban J connectivity index is 2.15. The lowest BCUT2D eigenvalue weighted by molar-refractivity contribution is 0.698. The van der Waals surface area contributed by atoms with Gasteiger partial charge in [0.1, 0.15) is 0 Å². The molecule has 1 aromatic carbocycles. The zero-order valence-electron chi connectivity index (χ0n) is 10.8. The van der Waals surface area contributed by atoms with E-state index in [2.05, 4.69) is 36.2 Å². The molecular formula is C14H16N2OS. The van der Waals surface area contributed by atoms with E-state index in [0.29, 0.717) is 0 Å². The van der Waals surface area contributed by atoms with Crippen LogP contribution in [0, 0.1) is 13.8 Å². The lowest BCUT2D eigenvalue weighted by Crippen LogP contribution is -2.19. The van der Waals surface area contributed by atoms with Crippen molar-refractivity contribution in [3.63, 3.8) is 0 Å². The largest absolute Gasteiger partial charge is 0.291 e. The van der Waals surface area contributed by atoms with Crippen molar-refractivity contribution >= 4 is 11.8 Å². The number of hydrogen-bond donors (Lipinski definition) is 0. The predicted octanol–water partition coefficient (Wildman–Crippen LogP) is 2.69. The maximum atomic E-state index is 11.6. The fourth-order valence-electron chi connectivity index (χ4n) is 1.59. The van der Waals surface area contributed by atoms with Crippen molar-refractivity contribution in [3.05, 3.63) is 57.5 Å². The van der Waals surface area contributed by atoms with Gasteiger partial charge in [-0.1, -0.05) is 41.6 Å². The molecule has 0 unspecified atom stereocenters. The topological polar surface area (TPSA) is 34.9 Å². The predicted molar refractivity (Wildman–Crippen MR) is 75.0 cm³/mol. The second-order valence-corrected chi connectivity index (χ2v) is 5.29. The molecule has 1 heterocycles. The van der Waals surface area contributed by atoms with E-state index < -0.39 is 0 Å². The quantitative estimate of drug-likeness (QED) is 0.628. The van der Waals surface area contributed by atoms with Gasteiger partial charge in [0.2, 0.25) is 0 Å². The van der Waals surface area contributed by atoms with Crippen LogP contribution in [-0.2, 0) is 12.8 Å². The highest BCUT2D eigenvalue weighted by atomic mass is 32.2. The van der Waals surface area contributed by atoms with Gasteiger partial charge in [-0.3, -0.25) is 9.36 Å². The zero-order valence-corrected chi connectivity index (χ0v) is 11.6. The molecule has 1 aromatic heterocycles. The van der Waals surface area contributed by atoms with E-state index in [4.69, 9.17) is 0 Å². The van der Waals surface area contributed by atoms with Gasteiger partial charge in [-0.2, -0.15) is 0 Å². The summed E-state index contributed by atoms with van der Waals surface area (Å²) in [7, 11) is 1.76. The molecule has 18 heavy (non-hydrogen) atoms. The molecule has 0 N–H and O–H groups in total. The summed E-state index contributed by atoms with van der Waals surface area (Å²) in [4.78, 5) is 16.0. The fourth-order valence-corrected chi connectivity index (χ4v) is 2.57. The maximum Gasteiger partial charge on any atom is 0.254 e. The van der Waals surface area contributed by atoms with Crippen LogP contribution in [0.25, 0.3) is 0 Å². The molecule has 3 nitrogen and oxygen atoms in total. The van der Waals surface area contributed by atoms with Gasteiger partial charge in [0.15, 0.2) is 5.16 Å². The first-order chi connectivity index (χ1) is 8.56. The summed E-state index contributed by atoms with van der Waals surface area (Å²) in [6, 6.07) is 9.96. The second kappa shape index (κ2) is 5.40. The Morgan fingerprint density at radius 2 is 1.89 bits per heavy atom. The van der Waals surface area contributed by atoms with Crippen LogP contribution in [-0.4, -0.2) is 9.55 Å². The van der Waals surface area contributed by atoms with Crippen LogP contribution < -0.4 is 5.56 Å². The number of thioether (sulfide) groups is 1. The van der Waals surface area contributed by atoms with E-state index in [1.807, 2.05) is 6.92 Å². The standard InChI is InChI=1S/C14H16N2OS/c1-10-4-6-12(7-5-10)9-18-14-15-11(2)8-13(17)16(14)3/h4-8H,9H2,1-3H3. The summed E-state index contributed by atoms with van der Waals surface area (Å²) in [5, 5.41) is 0.764. The first kappa shape index (κ1) is 12.9. The molecule has 0 aliphatic rings. The van der Waals surface area contributed by atoms with Gasteiger partial charge in [-0.25, -0.2) is 4.98 Å². The van der Waals surface area contributed by atoms with Crippen LogP contribution >= 0.6 is 11.8 Å². The minimum Gasteiger partial charge on any atom is -0.291 e. The van der Waals surface area contributed by atoms with Crippen LogP contribution in [0.2, 0.25) is 0 Å². The van der Waals surface area contributed by atoms with Crippen molar-refractivity contribution < 1.29 is 0 Å². The molecule has 0 saturated heterocycles. The van der Waals surface area contributed by atoms with Crippen molar-refractivity contribution in [1.82, 2.24) is 9.55 Å². The van der Waals surface area contributed by atoms with E-state index >= 15 is 0 Å². The van der Waals surface area contributed by atoms with E-state index in [9.17, 15) is 4.79 Å². The Kier molecular flexibility index (Phi) is 3.87. The monoisotopic (exact) mass is 260 g/mol. The van der Waals surface area contributed by atoms with Gasteiger partial charge in [-0.15, -0.1) is 0 Å². The van der Waals surface area contributed by atoms with Gasteiger partial charge in [0.05, 0.1) is 0 Å². The summed E-state index contributed by atoms with van der Waals surface area (Å²) < 4.78 is 1.59. The molecule has 0 bridgehead atoms. The third-order valence-corrected chi connectivity index (χ3v) is 3.81. The van der Waals surface area contributed by atoms with Crippen molar-refractivity contribution in [2.24, 2.45) is 7.05 Å². The van der Waals surface area contributed by atoms with Crippen LogP contribution in [0.15, 0.2) is 40.3 Å². The summed E-state index contributed by atoms with van der Waals surface area (Å²) in [6.45, 7) is 3.92. The molecule has 0 radical (unpaired) electrons. The number of nitrogens with zero attached hydrogens (tertiary/aromatic N) is 2. The van der Waals surface area contributed by atoms with Gasteiger partial charge in [-0.05, 0) is 19.4 Å². The fraction of sp³-hybridized carbons (Fsp3) is 0.286. The van der Waals surface area contributed by atoms with Crippen LogP contribution in [0.1, 0.15) is 16.8 Å². The Hall–Kier alpha value is -1.55. The SMILES string of the molecule is Cc1ccc(CSc2nc(C)cc(=O)n2C)cc1. The van der Waals surface area contributed by atoms with Gasteiger partial charge >= 0.3 is 0 Å². The van der Waals surface area contributed by atoms with Crippen LogP contribution in [0.3, 0.4) is 0 Å². The van der Waals surface area contributed by atoms with Crippen LogP contribution in [0.4, 0.5) is 0 Å². The van der Waals surface area contributed by atoms with E-state index in [0.717, 1.165) is 16.6 Å². The molecule has 0 spiro atoms. The highest BCUT2D eigenvalue weighted by molar-refractivity contribution is 7.98. The lowest BCUT2D eigenvalue weighted by atomic mass is 10.2. The van der Waals surface area contributed by atoms with Gasteiger partial charge in [0, 0.05) is 24.6 Å². The summed E-state index contributed by atoms with van der Waals surface area (Å²) in [5.41, 5.74) is 3.25. The Morgan fingerprint density at radius 3 is 2.56 bits per heavy atom. The van der Waals surface area contributed by atoms with E-state index in [1.54, 1.807) is 29.4 Å². The minimum atomic E-state index is -0.00564. The third kappa shape index (κ3) is 3.01.